The topological polar surface area (TPSA) is 47.3 Å². The van der Waals surface area contributed by atoms with E-state index in [0.717, 1.165) is 38.3 Å². The Bertz CT molecular complexity index is 1070. The molecule has 4 heteroatoms. The van der Waals surface area contributed by atoms with Gasteiger partial charge in [0.25, 0.3) is 0 Å². The minimum absolute atomic E-state index is 0.0409. The van der Waals surface area contributed by atoms with Crippen LogP contribution >= 0.6 is 0 Å². The van der Waals surface area contributed by atoms with Gasteiger partial charge in [0.1, 0.15) is 0 Å². The summed E-state index contributed by atoms with van der Waals surface area (Å²) in [6, 6.07) is 24.3. The maximum Gasteiger partial charge on any atom is 0.246 e. The third kappa shape index (κ3) is 4.53. The molecule has 0 saturated carbocycles. The van der Waals surface area contributed by atoms with Crippen molar-refractivity contribution in [3.8, 4) is 6.07 Å². The molecule has 1 aliphatic rings. The van der Waals surface area contributed by atoms with Gasteiger partial charge in [-0.3, -0.25) is 9.69 Å². The summed E-state index contributed by atoms with van der Waals surface area (Å²) < 4.78 is 0. The lowest BCUT2D eigenvalue weighted by molar-refractivity contribution is -0.127. The van der Waals surface area contributed by atoms with Gasteiger partial charge in [0, 0.05) is 38.8 Å². The van der Waals surface area contributed by atoms with Crippen molar-refractivity contribution in [1.29, 1.82) is 5.26 Å². The van der Waals surface area contributed by atoms with Crippen LogP contribution in [0.25, 0.3) is 16.8 Å². The number of hydrogen-bond donors (Lipinski definition) is 0. The summed E-state index contributed by atoms with van der Waals surface area (Å²) in [6.45, 7) is 4.13. The molecule has 0 atom stereocenters. The zero-order valence-electron chi connectivity index (χ0n) is 16.3. The van der Waals surface area contributed by atoms with Crippen molar-refractivity contribution >= 4 is 22.8 Å². The molecule has 1 saturated heterocycles. The predicted octanol–water partition coefficient (Wildman–Crippen LogP) is 4.07. The summed E-state index contributed by atoms with van der Waals surface area (Å²) >= 11 is 0. The van der Waals surface area contributed by atoms with Crippen molar-refractivity contribution in [3.05, 3.63) is 89.5 Å². The highest BCUT2D eigenvalue weighted by molar-refractivity contribution is 5.92. The van der Waals surface area contributed by atoms with E-state index in [1.165, 1.54) is 16.3 Å². The molecule has 3 aromatic carbocycles. The maximum absolute atomic E-state index is 12.5. The van der Waals surface area contributed by atoms with Crippen LogP contribution in [0.3, 0.4) is 0 Å². The van der Waals surface area contributed by atoms with Crippen LogP contribution in [0.15, 0.2) is 72.8 Å². The molecule has 1 heterocycles. The van der Waals surface area contributed by atoms with Crippen molar-refractivity contribution in [2.75, 3.05) is 26.2 Å². The Morgan fingerprint density at radius 2 is 1.66 bits per heavy atom. The third-order valence-electron chi connectivity index (χ3n) is 5.42. The number of hydrogen-bond acceptors (Lipinski definition) is 3. The predicted molar refractivity (Wildman–Crippen MR) is 116 cm³/mol. The highest BCUT2D eigenvalue weighted by atomic mass is 16.2. The number of benzene rings is 3. The van der Waals surface area contributed by atoms with Crippen LogP contribution in [-0.2, 0) is 11.3 Å². The average molecular weight is 381 g/mol. The molecule has 1 fully saturated rings. The van der Waals surface area contributed by atoms with Crippen molar-refractivity contribution in [2.24, 2.45) is 0 Å². The summed E-state index contributed by atoms with van der Waals surface area (Å²) in [7, 11) is 0. The van der Waals surface area contributed by atoms with Crippen LogP contribution < -0.4 is 0 Å². The summed E-state index contributed by atoms with van der Waals surface area (Å²) in [4.78, 5) is 16.8. The summed E-state index contributed by atoms with van der Waals surface area (Å²) in [5.74, 6) is 0.0409. The fraction of sp³-hybridized carbons (Fsp3) is 0.200. The highest BCUT2D eigenvalue weighted by Gasteiger charge is 2.20. The second kappa shape index (κ2) is 8.72. The summed E-state index contributed by atoms with van der Waals surface area (Å²) in [5.41, 5.74) is 2.88. The van der Waals surface area contributed by atoms with Gasteiger partial charge in [-0.15, -0.1) is 0 Å². The lowest BCUT2D eigenvalue weighted by Crippen LogP contribution is -2.47. The fourth-order valence-electron chi connectivity index (χ4n) is 3.74. The molecule has 0 bridgehead atoms. The molecular weight excluding hydrogens is 358 g/mol. The van der Waals surface area contributed by atoms with Gasteiger partial charge in [0.2, 0.25) is 5.91 Å². The van der Waals surface area contributed by atoms with Crippen LogP contribution in [0.5, 0.6) is 0 Å². The van der Waals surface area contributed by atoms with Crippen molar-refractivity contribution in [2.45, 2.75) is 6.54 Å². The Morgan fingerprint density at radius 1 is 0.931 bits per heavy atom. The Morgan fingerprint density at radius 3 is 2.41 bits per heavy atom. The Balaban J connectivity index is 1.33. The molecule has 0 aromatic heterocycles. The largest absolute Gasteiger partial charge is 0.337 e. The van der Waals surface area contributed by atoms with Crippen LogP contribution in [0.2, 0.25) is 0 Å². The molecule has 0 unspecified atom stereocenters. The molecule has 1 amide bonds. The molecular formula is C25H23N3O. The Labute approximate surface area is 171 Å². The molecule has 144 valence electrons. The first kappa shape index (κ1) is 18.9. The minimum atomic E-state index is 0.0409. The lowest BCUT2D eigenvalue weighted by Gasteiger charge is -2.34. The van der Waals surface area contributed by atoms with Crippen LogP contribution in [0.4, 0.5) is 0 Å². The quantitative estimate of drug-likeness (QED) is 0.640. The molecule has 1 aliphatic heterocycles. The van der Waals surface area contributed by atoms with Gasteiger partial charge in [0.15, 0.2) is 0 Å². The van der Waals surface area contributed by atoms with E-state index >= 15 is 0 Å². The normalized spacial score (nSPS) is 14.9. The van der Waals surface area contributed by atoms with E-state index in [0.29, 0.717) is 5.56 Å². The highest BCUT2D eigenvalue weighted by Crippen LogP contribution is 2.20. The molecule has 29 heavy (non-hydrogen) atoms. The molecule has 4 nitrogen and oxygen atoms in total. The van der Waals surface area contributed by atoms with E-state index in [2.05, 4.69) is 53.4 Å². The van der Waals surface area contributed by atoms with Crippen molar-refractivity contribution in [3.63, 3.8) is 0 Å². The number of nitrogens with zero attached hydrogens (tertiary/aromatic N) is 3. The van der Waals surface area contributed by atoms with Gasteiger partial charge in [-0.2, -0.15) is 5.26 Å². The van der Waals surface area contributed by atoms with E-state index in [1.54, 1.807) is 18.2 Å². The van der Waals surface area contributed by atoms with Gasteiger partial charge < -0.3 is 4.90 Å². The monoisotopic (exact) mass is 381 g/mol. The van der Waals surface area contributed by atoms with E-state index in [-0.39, 0.29) is 5.91 Å². The van der Waals surface area contributed by atoms with Crippen LogP contribution in [0.1, 0.15) is 16.7 Å². The van der Waals surface area contributed by atoms with Gasteiger partial charge in [-0.1, -0.05) is 54.6 Å². The second-order valence-electron chi connectivity index (χ2n) is 7.31. The van der Waals surface area contributed by atoms with Gasteiger partial charge >= 0.3 is 0 Å². The third-order valence-corrected chi connectivity index (χ3v) is 5.42. The summed E-state index contributed by atoms with van der Waals surface area (Å²) in [5, 5.41) is 11.4. The molecule has 0 radical (unpaired) electrons. The number of rotatable bonds is 4. The standard InChI is InChI=1S/C25H23N3O/c26-18-21-10-8-20(9-11-21)12-13-25(29)28-16-14-27(15-17-28)19-23-6-3-5-22-4-1-2-7-24(22)23/h1-13H,14-17,19H2/b13-12+. The van der Waals surface area contributed by atoms with E-state index in [1.807, 2.05) is 23.1 Å². The van der Waals surface area contributed by atoms with Gasteiger partial charge in [-0.25, -0.2) is 0 Å². The first-order chi connectivity index (χ1) is 14.2. The molecule has 0 aliphatic carbocycles. The SMILES string of the molecule is N#Cc1ccc(/C=C/C(=O)N2CCN(Cc3cccc4ccccc34)CC2)cc1. The Hall–Kier alpha value is -3.42. The van der Waals surface area contributed by atoms with Crippen molar-refractivity contribution < 1.29 is 4.79 Å². The zero-order chi connectivity index (χ0) is 20.1. The van der Waals surface area contributed by atoms with E-state index in [4.69, 9.17) is 5.26 Å². The molecule has 0 spiro atoms. The zero-order valence-corrected chi connectivity index (χ0v) is 16.3. The van der Waals surface area contributed by atoms with Crippen LogP contribution in [0, 0.1) is 11.3 Å². The number of nitriles is 1. The summed E-state index contributed by atoms with van der Waals surface area (Å²) in [6.07, 6.45) is 3.44. The van der Waals surface area contributed by atoms with E-state index in [9.17, 15) is 4.79 Å². The average Bonchev–Trinajstić information content (AvgIpc) is 2.78. The maximum atomic E-state index is 12.5. The van der Waals surface area contributed by atoms with Crippen LogP contribution in [-0.4, -0.2) is 41.9 Å². The number of piperazine rings is 1. The Kier molecular flexibility index (Phi) is 5.69. The van der Waals surface area contributed by atoms with Crippen molar-refractivity contribution in [1.82, 2.24) is 9.80 Å². The van der Waals surface area contributed by atoms with Gasteiger partial charge in [0.05, 0.1) is 11.6 Å². The first-order valence-corrected chi connectivity index (χ1v) is 9.89. The van der Waals surface area contributed by atoms with E-state index < -0.39 is 0 Å². The number of fused-ring (bicyclic) bond motifs is 1. The fourth-order valence-corrected chi connectivity index (χ4v) is 3.74. The number of amides is 1. The number of carbonyl (C=O) groups is 1. The molecule has 3 aromatic rings. The molecule has 4 rings (SSSR count). The second-order valence-corrected chi connectivity index (χ2v) is 7.31. The first-order valence-electron chi connectivity index (χ1n) is 9.89. The smallest absolute Gasteiger partial charge is 0.246 e. The number of carbonyl (C=O) groups excluding carboxylic acids is 1. The van der Waals surface area contributed by atoms with Gasteiger partial charge in [-0.05, 0) is 40.1 Å². The lowest BCUT2D eigenvalue weighted by atomic mass is 10.0. The minimum Gasteiger partial charge on any atom is -0.337 e. The molecule has 0 N–H and O–H groups in total.